The number of nitrogens with one attached hydrogen (secondary N) is 1. The maximum Gasteiger partial charge on any atom is 0.361 e. The molecule has 0 fully saturated rings. The Morgan fingerprint density at radius 3 is 2.32 bits per heavy atom. The number of esters is 1. The quantitative estimate of drug-likeness (QED) is 0.588. The van der Waals surface area contributed by atoms with Gasteiger partial charge in [-0.15, -0.1) is 5.10 Å². The highest BCUT2D eigenvalue weighted by atomic mass is 16.5. The molecule has 31 heavy (non-hydrogen) atoms. The fraction of sp³-hybridized carbons (Fsp3) is 0.227. The maximum absolute atomic E-state index is 12.6. The first kappa shape index (κ1) is 21.7. The van der Waals surface area contributed by atoms with E-state index in [0.717, 1.165) is 16.8 Å². The summed E-state index contributed by atoms with van der Waals surface area (Å²) in [6.07, 6.45) is -1.08. The zero-order valence-corrected chi connectivity index (χ0v) is 17.7. The summed E-state index contributed by atoms with van der Waals surface area (Å²) in [5.41, 5.74) is 9.19. The van der Waals surface area contributed by atoms with E-state index in [4.69, 9.17) is 10.5 Å². The normalized spacial score (nSPS) is 11.6. The number of nitrogens with zero attached hydrogens (tertiary/aromatic N) is 3. The lowest BCUT2D eigenvalue weighted by Crippen LogP contribution is -2.30. The smallest absolute Gasteiger partial charge is 0.361 e. The summed E-state index contributed by atoms with van der Waals surface area (Å²) < 4.78 is 5.27. The van der Waals surface area contributed by atoms with E-state index < -0.39 is 23.9 Å². The van der Waals surface area contributed by atoms with Crippen molar-refractivity contribution in [3.8, 4) is 5.69 Å². The first-order chi connectivity index (χ1) is 14.7. The van der Waals surface area contributed by atoms with Gasteiger partial charge in [0.05, 0.1) is 11.4 Å². The predicted octanol–water partition coefficient (Wildman–Crippen LogP) is 2.48. The van der Waals surface area contributed by atoms with Crippen LogP contribution in [0.5, 0.6) is 0 Å². The highest BCUT2D eigenvalue weighted by molar-refractivity contribution is 5.98. The summed E-state index contributed by atoms with van der Waals surface area (Å²) >= 11 is 0. The standard InChI is InChI=1S/C22H23N5O4/c1-12-5-10-18(13(2)11-12)27-25-14(3)19(26-27)22(30)31-15(4)21(29)24-17-8-6-16(7-9-17)20(23)28/h5-11,15H,1-4H3,(H2,23,28)(H,24,29)/t15-/m0/s1. The van der Waals surface area contributed by atoms with E-state index in [1.807, 2.05) is 32.0 Å². The van der Waals surface area contributed by atoms with E-state index in [9.17, 15) is 14.4 Å². The van der Waals surface area contributed by atoms with E-state index in [-0.39, 0.29) is 5.69 Å². The summed E-state index contributed by atoms with van der Waals surface area (Å²) in [5, 5.41) is 11.2. The Bertz CT molecular complexity index is 1150. The minimum absolute atomic E-state index is 0.0328. The molecule has 2 aromatic carbocycles. The van der Waals surface area contributed by atoms with Crippen LogP contribution in [0.15, 0.2) is 42.5 Å². The number of aryl methyl sites for hydroxylation is 3. The van der Waals surface area contributed by atoms with Crippen molar-refractivity contribution in [2.75, 3.05) is 5.32 Å². The van der Waals surface area contributed by atoms with Crippen LogP contribution in [-0.4, -0.2) is 38.9 Å². The van der Waals surface area contributed by atoms with Gasteiger partial charge < -0.3 is 15.8 Å². The largest absolute Gasteiger partial charge is 0.448 e. The number of primary amides is 1. The number of hydrogen-bond donors (Lipinski definition) is 2. The van der Waals surface area contributed by atoms with Crippen molar-refractivity contribution in [2.45, 2.75) is 33.8 Å². The molecule has 0 spiro atoms. The topological polar surface area (TPSA) is 129 Å². The van der Waals surface area contributed by atoms with Crippen LogP contribution in [0.4, 0.5) is 5.69 Å². The second-order valence-corrected chi connectivity index (χ2v) is 7.19. The molecule has 0 saturated carbocycles. The lowest BCUT2D eigenvalue weighted by Gasteiger charge is -2.13. The number of carbonyl (C=O) groups is 3. The molecule has 3 aromatic rings. The molecule has 0 aliphatic rings. The number of ether oxygens (including phenoxy) is 1. The third kappa shape index (κ3) is 4.95. The van der Waals surface area contributed by atoms with Crippen molar-refractivity contribution in [3.05, 3.63) is 70.5 Å². The van der Waals surface area contributed by atoms with Gasteiger partial charge in [0.1, 0.15) is 0 Å². The van der Waals surface area contributed by atoms with E-state index in [0.29, 0.717) is 16.9 Å². The molecule has 1 atom stereocenters. The third-order valence-corrected chi connectivity index (χ3v) is 4.63. The average Bonchev–Trinajstić information content (AvgIpc) is 3.09. The average molecular weight is 421 g/mol. The Balaban J connectivity index is 1.68. The van der Waals surface area contributed by atoms with Crippen LogP contribution in [0.25, 0.3) is 5.69 Å². The monoisotopic (exact) mass is 421 g/mol. The van der Waals surface area contributed by atoms with Crippen LogP contribution in [0, 0.1) is 20.8 Å². The number of amides is 2. The Morgan fingerprint density at radius 2 is 1.71 bits per heavy atom. The van der Waals surface area contributed by atoms with Gasteiger partial charge in [0.15, 0.2) is 11.8 Å². The summed E-state index contributed by atoms with van der Waals surface area (Å²) in [6, 6.07) is 11.8. The van der Waals surface area contributed by atoms with Crippen molar-refractivity contribution in [1.29, 1.82) is 0 Å². The van der Waals surface area contributed by atoms with E-state index in [1.54, 1.807) is 6.92 Å². The van der Waals surface area contributed by atoms with Crippen LogP contribution in [0.2, 0.25) is 0 Å². The zero-order valence-electron chi connectivity index (χ0n) is 17.7. The number of anilines is 1. The zero-order chi connectivity index (χ0) is 22.7. The summed E-state index contributed by atoms with van der Waals surface area (Å²) in [6.45, 7) is 7.02. The van der Waals surface area contributed by atoms with E-state index in [2.05, 4.69) is 15.5 Å². The van der Waals surface area contributed by atoms with Gasteiger partial charge in [0.25, 0.3) is 5.91 Å². The molecule has 2 amide bonds. The number of benzene rings is 2. The molecular weight excluding hydrogens is 398 g/mol. The molecular formula is C22H23N5O4. The molecule has 9 nitrogen and oxygen atoms in total. The van der Waals surface area contributed by atoms with E-state index >= 15 is 0 Å². The fourth-order valence-electron chi connectivity index (χ4n) is 2.94. The fourth-order valence-corrected chi connectivity index (χ4v) is 2.94. The van der Waals surface area contributed by atoms with Crippen molar-refractivity contribution in [1.82, 2.24) is 15.0 Å². The van der Waals surface area contributed by atoms with Crippen molar-refractivity contribution >= 4 is 23.5 Å². The van der Waals surface area contributed by atoms with Gasteiger partial charge in [-0.05, 0) is 63.6 Å². The van der Waals surface area contributed by atoms with Crippen molar-refractivity contribution in [2.24, 2.45) is 5.73 Å². The first-order valence-corrected chi connectivity index (χ1v) is 9.59. The molecule has 0 radical (unpaired) electrons. The molecule has 0 saturated heterocycles. The number of carbonyl (C=O) groups excluding carboxylic acids is 3. The Labute approximate surface area is 179 Å². The molecule has 160 valence electrons. The molecule has 0 unspecified atom stereocenters. The Hall–Kier alpha value is -4.01. The Morgan fingerprint density at radius 1 is 1.03 bits per heavy atom. The van der Waals surface area contributed by atoms with Gasteiger partial charge in [-0.1, -0.05) is 17.7 Å². The minimum atomic E-state index is -1.08. The summed E-state index contributed by atoms with van der Waals surface area (Å²) in [7, 11) is 0. The number of hydrogen-bond acceptors (Lipinski definition) is 6. The minimum Gasteiger partial charge on any atom is -0.448 e. The van der Waals surface area contributed by atoms with E-state index in [1.165, 1.54) is 36.0 Å². The van der Waals surface area contributed by atoms with Gasteiger partial charge in [-0.3, -0.25) is 9.59 Å². The SMILES string of the molecule is Cc1ccc(-n2nc(C)c(C(=O)O[C@@H](C)C(=O)Nc3ccc(C(N)=O)cc3)n2)c(C)c1. The lowest BCUT2D eigenvalue weighted by atomic mass is 10.1. The highest BCUT2D eigenvalue weighted by Crippen LogP contribution is 2.16. The Kier molecular flexibility index (Phi) is 6.15. The third-order valence-electron chi connectivity index (χ3n) is 4.63. The van der Waals surface area contributed by atoms with Crippen molar-refractivity contribution < 1.29 is 19.1 Å². The van der Waals surface area contributed by atoms with Crippen molar-refractivity contribution in [3.63, 3.8) is 0 Å². The van der Waals surface area contributed by atoms with Gasteiger partial charge in [-0.2, -0.15) is 9.90 Å². The lowest BCUT2D eigenvalue weighted by molar-refractivity contribution is -0.123. The molecule has 1 heterocycles. The van der Waals surface area contributed by atoms with Gasteiger partial charge in [0, 0.05) is 11.3 Å². The number of nitrogens with two attached hydrogens (primary N) is 1. The molecule has 0 aliphatic heterocycles. The van der Waals surface area contributed by atoms with Gasteiger partial charge in [-0.25, -0.2) is 4.79 Å². The van der Waals surface area contributed by atoms with Gasteiger partial charge >= 0.3 is 5.97 Å². The molecule has 0 aliphatic carbocycles. The summed E-state index contributed by atoms with van der Waals surface area (Å²) in [5.74, 6) is -1.84. The number of rotatable bonds is 6. The molecule has 3 N–H and O–H groups in total. The second kappa shape index (κ2) is 8.78. The first-order valence-electron chi connectivity index (χ1n) is 9.59. The maximum atomic E-state index is 12.6. The van der Waals surface area contributed by atoms with Crippen LogP contribution >= 0.6 is 0 Å². The second-order valence-electron chi connectivity index (χ2n) is 7.19. The highest BCUT2D eigenvalue weighted by Gasteiger charge is 2.24. The number of aromatic nitrogens is 3. The molecule has 0 bridgehead atoms. The van der Waals surface area contributed by atoms with Crippen LogP contribution in [0.3, 0.4) is 0 Å². The molecule has 9 heteroatoms. The van der Waals surface area contributed by atoms with Crippen LogP contribution in [-0.2, 0) is 9.53 Å². The van der Waals surface area contributed by atoms with Crippen LogP contribution < -0.4 is 11.1 Å². The van der Waals surface area contributed by atoms with Gasteiger partial charge in [0.2, 0.25) is 5.91 Å². The molecule has 3 rings (SSSR count). The molecule has 1 aromatic heterocycles. The van der Waals surface area contributed by atoms with Crippen LogP contribution in [0.1, 0.15) is 44.6 Å². The predicted molar refractivity (Wildman–Crippen MR) is 114 cm³/mol. The summed E-state index contributed by atoms with van der Waals surface area (Å²) in [4.78, 5) is 37.4.